The Morgan fingerprint density at radius 3 is 2.46 bits per heavy atom. The largest absolute Gasteiger partial charge is 0.295 e. The van der Waals surface area contributed by atoms with Crippen molar-refractivity contribution in [2.24, 2.45) is 0 Å². The molecule has 0 aliphatic heterocycles. The van der Waals surface area contributed by atoms with Crippen molar-refractivity contribution in [3.63, 3.8) is 0 Å². The van der Waals surface area contributed by atoms with Crippen LogP contribution in [0, 0.1) is 0 Å². The Kier molecular flexibility index (Phi) is 3.91. The van der Waals surface area contributed by atoms with Crippen molar-refractivity contribution in [2.45, 2.75) is 0 Å². The second-order valence-corrected chi connectivity index (χ2v) is 6.90. The van der Waals surface area contributed by atoms with Crippen LogP contribution in [0.25, 0.3) is 21.9 Å². The van der Waals surface area contributed by atoms with Gasteiger partial charge in [-0.3, -0.25) is 10.1 Å². The summed E-state index contributed by atoms with van der Waals surface area (Å²) in [6.45, 7) is 0. The molecule has 0 unspecified atom stereocenters. The van der Waals surface area contributed by atoms with Crippen molar-refractivity contribution < 1.29 is 4.79 Å². The predicted octanol–water partition coefficient (Wildman–Crippen LogP) is 3.29. The number of carbonyl (C=O) groups is 1. The van der Waals surface area contributed by atoms with E-state index in [0.29, 0.717) is 21.5 Å². The van der Waals surface area contributed by atoms with Gasteiger partial charge < -0.3 is 0 Å². The Balaban J connectivity index is 1.55. The first kappa shape index (κ1) is 16.3. The summed E-state index contributed by atoms with van der Waals surface area (Å²) in [6, 6.07) is 21.1. The van der Waals surface area contributed by atoms with E-state index in [2.05, 4.69) is 25.7 Å². The monoisotopic (exact) mass is 387 g/mol. The molecule has 0 aliphatic rings. The van der Waals surface area contributed by atoms with Crippen molar-refractivity contribution in [3.8, 4) is 16.9 Å². The van der Waals surface area contributed by atoms with E-state index >= 15 is 0 Å². The number of rotatable bonds is 4. The zero-order chi connectivity index (χ0) is 18.9. The van der Waals surface area contributed by atoms with E-state index in [1.807, 2.05) is 60.7 Å². The molecule has 0 aliphatic carbocycles. The minimum Gasteiger partial charge on any atom is -0.295 e. The van der Waals surface area contributed by atoms with Crippen molar-refractivity contribution in [3.05, 3.63) is 78.8 Å². The third-order valence-electron chi connectivity index (χ3n) is 4.12. The Bertz CT molecular complexity index is 1230. The summed E-state index contributed by atoms with van der Waals surface area (Å²) in [5.74, 6) is -0.302. The SMILES string of the molecule is O=C(Nc1nn2cnnc2s1)c1cc(-c2ccccc2)nn1-c1ccccc1. The number of nitrogens with zero attached hydrogens (tertiary/aromatic N) is 6. The van der Waals surface area contributed by atoms with Gasteiger partial charge in [-0.05, 0) is 18.2 Å². The van der Waals surface area contributed by atoms with Crippen molar-refractivity contribution in [1.29, 1.82) is 0 Å². The molecule has 0 saturated heterocycles. The van der Waals surface area contributed by atoms with Gasteiger partial charge in [0.25, 0.3) is 5.91 Å². The number of anilines is 1. The Labute approximate surface area is 163 Å². The molecule has 0 spiro atoms. The summed E-state index contributed by atoms with van der Waals surface area (Å²) in [4.78, 5) is 13.6. The number of hydrogen-bond donors (Lipinski definition) is 1. The average molecular weight is 387 g/mol. The molecule has 1 amide bonds. The first-order valence-electron chi connectivity index (χ1n) is 8.47. The molecule has 8 nitrogen and oxygen atoms in total. The van der Waals surface area contributed by atoms with E-state index in [9.17, 15) is 4.79 Å². The molecule has 3 heterocycles. The van der Waals surface area contributed by atoms with Gasteiger partial charge in [0.05, 0.1) is 11.4 Å². The molecule has 5 aromatic rings. The van der Waals surface area contributed by atoms with Gasteiger partial charge in [0.1, 0.15) is 12.0 Å². The van der Waals surface area contributed by atoms with Crippen LogP contribution in [0.5, 0.6) is 0 Å². The van der Waals surface area contributed by atoms with Crippen molar-refractivity contribution in [1.82, 2.24) is 29.6 Å². The standard InChI is InChI=1S/C19H13N7OS/c27-17(21-18-24-25-12-20-22-19(25)28-18)16-11-15(13-7-3-1-4-8-13)23-26(16)14-9-5-2-6-10-14/h1-12H,(H,21,24,27). The second kappa shape index (κ2) is 6.71. The number of benzene rings is 2. The molecule has 1 N–H and O–H groups in total. The smallest absolute Gasteiger partial charge is 0.276 e. The van der Waals surface area contributed by atoms with Gasteiger partial charge in [-0.25, -0.2) is 4.68 Å². The average Bonchev–Trinajstić information content (AvgIpc) is 3.44. The van der Waals surface area contributed by atoms with E-state index in [1.54, 1.807) is 10.7 Å². The molecule has 5 rings (SSSR count). The zero-order valence-corrected chi connectivity index (χ0v) is 15.2. The molecule has 0 saturated carbocycles. The number of hydrogen-bond acceptors (Lipinski definition) is 6. The van der Waals surface area contributed by atoms with Gasteiger partial charge >= 0.3 is 0 Å². The van der Waals surface area contributed by atoms with Gasteiger partial charge in [0, 0.05) is 5.56 Å². The summed E-state index contributed by atoms with van der Waals surface area (Å²) in [7, 11) is 0. The molecule has 9 heteroatoms. The third-order valence-corrected chi connectivity index (χ3v) is 4.95. The number of para-hydroxylation sites is 1. The maximum atomic E-state index is 13.0. The van der Waals surface area contributed by atoms with E-state index in [0.717, 1.165) is 11.3 Å². The number of fused-ring (bicyclic) bond motifs is 1. The van der Waals surface area contributed by atoms with Crippen LogP contribution in [0.15, 0.2) is 73.1 Å². The quantitative estimate of drug-likeness (QED) is 0.511. The Morgan fingerprint density at radius 2 is 1.71 bits per heavy atom. The first-order chi connectivity index (χ1) is 13.8. The molecule has 0 radical (unpaired) electrons. The van der Waals surface area contributed by atoms with Crippen LogP contribution in [0.2, 0.25) is 0 Å². The molecule has 136 valence electrons. The fraction of sp³-hybridized carbons (Fsp3) is 0. The number of amides is 1. The fourth-order valence-corrected chi connectivity index (χ4v) is 3.55. The highest BCUT2D eigenvalue weighted by atomic mass is 32.1. The van der Waals surface area contributed by atoms with E-state index < -0.39 is 0 Å². The Morgan fingerprint density at radius 1 is 0.964 bits per heavy atom. The van der Waals surface area contributed by atoms with Crippen LogP contribution >= 0.6 is 11.3 Å². The molecule has 28 heavy (non-hydrogen) atoms. The van der Waals surface area contributed by atoms with Crippen LogP contribution in [-0.4, -0.2) is 35.5 Å². The van der Waals surface area contributed by atoms with E-state index in [-0.39, 0.29) is 5.91 Å². The lowest BCUT2D eigenvalue weighted by molar-refractivity contribution is 0.101. The Hall–Kier alpha value is -3.85. The third kappa shape index (κ3) is 2.93. The molecule has 2 aromatic carbocycles. The summed E-state index contributed by atoms with van der Waals surface area (Å²) in [6.07, 6.45) is 1.49. The lowest BCUT2D eigenvalue weighted by Crippen LogP contribution is -2.17. The normalized spacial score (nSPS) is 11.0. The highest BCUT2D eigenvalue weighted by Gasteiger charge is 2.19. The molecular weight excluding hydrogens is 374 g/mol. The first-order valence-corrected chi connectivity index (χ1v) is 9.29. The highest BCUT2D eigenvalue weighted by Crippen LogP contribution is 2.23. The maximum Gasteiger partial charge on any atom is 0.276 e. The van der Waals surface area contributed by atoms with Crippen molar-refractivity contribution in [2.75, 3.05) is 5.32 Å². The van der Waals surface area contributed by atoms with Crippen LogP contribution in [0.4, 0.5) is 5.13 Å². The van der Waals surface area contributed by atoms with Crippen LogP contribution in [0.1, 0.15) is 10.5 Å². The second-order valence-electron chi connectivity index (χ2n) is 5.95. The van der Waals surface area contributed by atoms with Crippen LogP contribution < -0.4 is 5.32 Å². The topological polar surface area (TPSA) is 90.0 Å². The summed E-state index contributed by atoms with van der Waals surface area (Å²) >= 11 is 1.25. The van der Waals surface area contributed by atoms with Crippen LogP contribution in [0.3, 0.4) is 0 Å². The van der Waals surface area contributed by atoms with E-state index in [4.69, 9.17) is 0 Å². The molecule has 0 fully saturated rings. The molecule has 0 bridgehead atoms. The van der Waals surface area contributed by atoms with Gasteiger partial charge in [0.15, 0.2) is 0 Å². The zero-order valence-electron chi connectivity index (χ0n) is 14.4. The minimum atomic E-state index is -0.302. The molecular formula is C19H13N7OS. The van der Waals surface area contributed by atoms with Gasteiger partial charge in [0.2, 0.25) is 10.1 Å². The molecule has 0 atom stereocenters. The summed E-state index contributed by atoms with van der Waals surface area (Å²) in [5.41, 5.74) is 2.86. The number of carbonyl (C=O) groups excluding carboxylic acids is 1. The van der Waals surface area contributed by atoms with Gasteiger partial charge in [-0.15, -0.1) is 15.3 Å². The van der Waals surface area contributed by atoms with Gasteiger partial charge in [-0.2, -0.15) is 9.61 Å². The van der Waals surface area contributed by atoms with E-state index in [1.165, 1.54) is 22.2 Å². The number of aromatic nitrogens is 6. The van der Waals surface area contributed by atoms with Crippen molar-refractivity contribution >= 4 is 27.3 Å². The lowest BCUT2D eigenvalue weighted by Gasteiger charge is -2.06. The maximum absolute atomic E-state index is 13.0. The summed E-state index contributed by atoms with van der Waals surface area (Å²) in [5, 5.41) is 19.9. The molecule has 3 aromatic heterocycles. The lowest BCUT2D eigenvalue weighted by atomic mass is 10.1. The highest BCUT2D eigenvalue weighted by molar-refractivity contribution is 7.20. The number of nitrogens with one attached hydrogen (secondary N) is 1. The summed E-state index contributed by atoms with van der Waals surface area (Å²) < 4.78 is 3.15. The predicted molar refractivity (Wildman–Crippen MR) is 106 cm³/mol. The van der Waals surface area contributed by atoms with Crippen LogP contribution in [-0.2, 0) is 0 Å². The van der Waals surface area contributed by atoms with Gasteiger partial charge in [-0.1, -0.05) is 59.9 Å². The minimum absolute atomic E-state index is 0.302. The fourth-order valence-electron chi connectivity index (χ4n) is 2.83.